The van der Waals surface area contributed by atoms with Crippen molar-refractivity contribution < 1.29 is 22.8 Å². The number of anilines is 1. The summed E-state index contributed by atoms with van der Waals surface area (Å²) in [5.41, 5.74) is 0.542. The van der Waals surface area contributed by atoms with Gasteiger partial charge in [0.2, 0.25) is 0 Å². The Morgan fingerprint density at radius 2 is 1.97 bits per heavy atom. The van der Waals surface area contributed by atoms with Gasteiger partial charge >= 0.3 is 0 Å². The number of benzene rings is 1. The molecule has 3 aromatic heterocycles. The fourth-order valence-electron chi connectivity index (χ4n) is 2.61. The van der Waals surface area contributed by atoms with Crippen LogP contribution in [0.3, 0.4) is 0 Å². The van der Waals surface area contributed by atoms with Gasteiger partial charge in [-0.2, -0.15) is 9.90 Å². The van der Waals surface area contributed by atoms with Crippen molar-refractivity contribution in [2.75, 3.05) is 5.32 Å². The van der Waals surface area contributed by atoms with Crippen LogP contribution in [0.2, 0.25) is 0 Å². The topological polar surface area (TPSA) is 116 Å². The van der Waals surface area contributed by atoms with Gasteiger partial charge in [0.05, 0.1) is 6.20 Å². The molecule has 0 unspecified atom stereocenters. The predicted octanol–water partition coefficient (Wildman–Crippen LogP) is 3.17. The molecule has 1 amide bonds. The first-order chi connectivity index (χ1) is 14.0. The zero-order valence-corrected chi connectivity index (χ0v) is 15.1. The summed E-state index contributed by atoms with van der Waals surface area (Å²) < 4.78 is 23.8. The lowest BCUT2D eigenvalue weighted by molar-refractivity contribution is 0.0983. The van der Waals surface area contributed by atoms with E-state index in [0.717, 1.165) is 6.39 Å². The van der Waals surface area contributed by atoms with E-state index in [1.807, 2.05) is 0 Å². The number of oxazole rings is 1. The van der Waals surface area contributed by atoms with E-state index in [1.54, 1.807) is 12.1 Å². The Morgan fingerprint density at radius 3 is 2.69 bits per heavy atom. The van der Waals surface area contributed by atoms with Gasteiger partial charge in [-0.1, -0.05) is 0 Å². The number of nitrogens with zero attached hydrogens (tertiary/aromatic N) is 4. The molecule has 146 valence electrons. The summed E-state index contributed by atoms with van der Waals surface area (Å²) in [4.78, 5) is 29.1. The first-order valence-electron chi connectivity index (χ1n) is 8.50. The van der Waals surface area contributed by atoms with Crippen LogP contribution >= 0.6 is 0 Å². The molecule has 29 heavy (non-hydrogen) atoms. The standard InChI is InChI=1S/C19H14FN5O4/c1-11(26)15-7-6-14(29-15)9-25-22-8-16(24-25)23-19(27)17-18(28-10-21-17)12-2-4-13(20)5-3-12/h2-8,10H,9H2,1H3,(H,23,24,27). The van der Waals surface area contributed by atoms with Crippen molar-refractivity contribution in [3.8, 4) is 11.3 Å². The largest absolute Gasteiger partial charge is 0.456 e. The minimum Gasteiger partial charge on any atom is -0.456 e. The van der Waals surface area contributed by atoms with E-state index in [9.17, 15) is 14.0 Å². The van der Waals surface area contributed by atoms with Crippen LogP contribution in [0.5, 0.6) is 0 Å². The zero-order chi connectivity index (χ0) is 20.4. The van der Waals surface area contributed by atoms with E-state index in [2.05, 4.69) is 20.5 Å². The van der Waals surface area contributed by atoms with Gasteiger partial charge in [-0.25, -0.2) is 9.37 Å². The second-order valence-corrected chi connectivity index (χ2v) is 6.07. The SMILES string of the molecule is CC(=O)c1ccc(Cn2ncc(NC(=O)c3ncoc3-c3ccc(F)cc3)n2)o1. The van der Waals surface area contributed by atoms with Crippen LogP contribution in [0.1, 0.15) is 33.7 Å². The van der Waals surface area contributed by atoms with E-state index < -0.39 is 11.7 Å². The molecule has 0 fully saturated rings. The van der Waals surface area contributed by atoms with Gasteiger partial charge in [0.15, 0.2) is 35.2 Å². The monoisotopic (exact) mass is 395 g/mol. The minimum absolute atomic E-state index is 0.0308. The summed E-state index contributed by atoms with van der Waals surface area (Å²) in [5.74, 6) is 0.0227. The van der Waals surface area contributed by atoms with Gasteiger partial charge in [0.25, 0.3) is 5.91 Å². The number of amides is 1. The van der Waals surface area contributed by atoms with Crippen LogP contribution in [0, 0.1) is 5.82 Å². The molecule has 0 aliphatic heterocycles. The normalized spacial score (nSPS) is 10.8. The van der Waals surface area contributed by atoms with Crippen molar-refractivity contribution >= 4 is 17.5 Å². The summed E-state index contributed by atoms with van der Waals surface area (Å²) in [6.45, 7) is 1.60. The summed E-state index contributed by atoms with van der Waals surface area (Å²) >= 11 is 0. The van der Waals surface area contributed by atoms with Crippen LogP contribution in [-0.2, 0) is 6.54 Å². The molecule has 0 saturated carbocycles. The molecule has 0 aliphatic rings. The van der Waals surface area contributed by atoms with Gasteiger partial charge in [0.1, 0.15) is 18.1 Å². The molecule has 10 heteroatoms. The third-order valence-corrected chi connectivity index (χ3v) is 3.97. The maximum absolute atomic E-state index is 13.1. The van der Waals surface area contributed by atoms with Crippen molar-refractivity contribution in [2.45, 2.75) is 13.5 Å². The molecule has 4 rings (SSSR count). The van der Waals surface area contributed by atoms with E-state index in [-0.39, 0.29) is 35.4 Å². The molecule has 0 saturated heterocycles. The van der Waals surface area contributed by atoms with E-state index >= 15 is 0 Å². The van der Waals surface area contributed by atoms with Gasteiger partial charge < -0.3 is 14.2 Å². The summed E-state index contributed by atoms with van der Waals surface area (Å²) in [6.07, 6.45) is 2.50. The first kappa shape index (κ1) is 18.3. The quantitative estimate of drug-likeness (QED) is 0.499. The van der Waals surface area contributed by atoms with Gasteiger partial charge in [-0.05, 0) is 36.4 Å². The lowest BCUT2D eigenvalue weighted by atomic mass is 10.1. The third-order valence-electron chi connectivity index (χ3n) is 3.97. The average molecular weight is 395 g/mol. The average Bonchev–Trinajstić information content (AvgIpc) is 3.43. The van der Waals surface area contributed by atoms with Crippen molar-refractivity contribution in [3.05, 3.63) is 72.0 Å². The number of aromatic nitrogens is 4. The van der Waals surface area contributed by atoms with E-state index in [1.165, 1.54) is 42.2 Å². The Balaban J connectivity index is 1.46. The lowest BCUT2D eigenvalue weighted by Gasteiger charge is -2.02. The molecule has 0 bridgehead atoms. The summed E-state index contributed by atoms with van der Waals surface area (Å²) in [7, 11) is 0. The van der Waals surface area contributed by atoms with Crippen molar-refractivity contribution in [2.24, 2.45) is 0 Å². The summed E-state index contributed by atoms with van der Waals surface area (Å²) in [5, 5.41) is 10.8. The number of Topliss-reactive ketones (excluding diaryl/α,β-unsaturated/α-hetero) is 1. The highest BCUT2D eigenvalue weighted by Gasteiger charge is 2.19. The maximum Gasteiger partial charge on any atom is 0.279 e. The smallest absolute Gasteiger partial charge is 0.279 e. The van der Waals surface area contributed by atoms with Crippen LogP contribution in [0.25, 0.3) is 11.3 Å². The van der Waals surface area contributed by atoms with Crippen LogP contribution in [-0.4, -0.2) is 31.7 Å². The van der Waals surface area contributed by atoms with Crippen LogP contribution in [0.4, 0.5) is 10.2 Å². The summed E-state index contributed by atoms with van der Waals surface area (Å²) in [6, 6.07) is 8.73. The molecule has 1 aromatic carbocycles. The number of hydrogen-bond donors (Lipinski definition) is 1. The Morgan fingerprint density at radius 1 is 1.17 bits per heavy atom. The fraction of sp³-hybridized carbons (Fsp3) is 0.105. The molecule has 4 aromatic rings. The molecule has 0 spiro atoms. The third kappa shape index (κ3) is 3.95. The van der Waals surface area contributed by atoms with E-state index in [4.69, 9.17) is 8.83 Å². The second kappa shape index (κ2) is 7.50. The van der Waals surface area contributed by atoms with Crippen LogP contribution < -0.4 is 5.32 Å². The van der Waals surface area contributed by atoms with Crippen molar-refractivity contribution in [1.29, 1.82) is 0 Å². The molecule has 9 nitrogen and oxygen atoms in total. The van der Waals surface area contributed by atoms with Crippen molar-refractivity contribution in [1.82, 2.24) is 20.0 Å². The number of rotatable bonds is 6. The maximum atomic E-state index is 13.1. The molecule has 3 heterocycles. The highest BCUT2D eigenvalue weighted by Crippen LogP contribution is 2.24. The fourth-order valence-corrected chi connectivity index (χ4v) is 2.61. The molecule has 0 radical (unpaired) electrons. The molecule has 1 N–H and O–H groups in total. The predicted molar refractivity (Wildman–Crippen MR) is 97.7 cm³/mol. The van der Waals surface area contributed by atoms with E-state index in [0.29, 0.717) is 11.3 Å². The zero-order valence-electron chi connectivity index (χ0n) is 15.1. The lowest BCUT2D eigenvalue weighted by Crippen LogP contribution is -2.14. The molecule has 0 aliphatic carbocycles. The number of carbonyl (C=O) groups is 2. The Bertz CT molecular complexity index is 1180. The first-order valence-corrected chi connectivity index (χ1v) is 8.50. The Labute approximate surface area is 163 Å². The highest BCUT2D eigenvalue weighted by atomic mass is 19.1. The molecular formula is C19H14FN5O4. The van der Waals surface area contributed by atoms with Gasteiger partial charge in [-0.3, -0.25) is 9.59 Å². The minimum atomic E-state index is -0.554. The number of ketones is 1. The number of furan rings is 1. The van der Waals surface area contributed by atoms with Crippen molar-refractivity contribution in [3.63, 3.8) is 0 Å². The Kier molecular flexibility index (Phi) is 4.73. The Hall–Kier alpha value is -4.08. The molecular weight excluding hydrogens is 381 g/mol. The number of halogens is 1. The second-order valence-electron chi connectivity index (χ2n) is 6.07. The van der Waals surface area contributed by atoms with Gasteiger partial charge in [-0.15, -0.1) is 5.10 Å². The van der Waals surface area contributed by atoms with Crippen LogP contribution in [0.15, 0.2) is 57.8 Å². The molecule has 0 atom stereocenters. The number of carbonyl (C=O) groups excluding carboxylic acids is 2. The number of nitrogens with one attached hydrogen (secondary N) is 1. The number of hydrogen-bond acceptors (Lipinski definition) is 7. The highest BCUT2D eigenvalue weighted by molar-refractivity contribution is 6.05. The van der Waals surface area contributed by atoms with Gasteiger partial charge in [0, 0.05) is 12.5 Å².